The lowest BCUT2D eigenvalue weighted by atomic mass is 10.2. The van der Waals surface area contributed by atoms with Crippen LogP contribution in [-0.4, -0.2) is 77.3 Å². The van der Waals surface area contributed by atoms with E-state index in [9.17, 15) is 9.59 Å². The highest BCUT2D eigenvalue weighted by molar-refractivity contribution is 5.95. The van der Waals surface area contributed by atoms with Crippen molar-refractivity contribution in [2.45, 2.75) is 19.5 Å². The zero-order valence-electron chi connectivity index (χ0n) is 17.5. The van der Waals surface area contributed by atoms with Crippen LogP contribution in [-0.2, 0) is 11.3 Å². The van der Waals surface area contributed by atoms with E-state index in [1.165, 1.54) is 23.8 Å². The minimum atomic E-state index is -0.707. The molecule has 0 aliphatic carbocycles. The van der Waals surface area contributed by atoms with Gasteiger partial charge in [0.2, 0.25) is 11.8 Å². The van der Waals surface area contributed by atoms with Crippen molar-refractivity contribution in [1.82, 2.24) is 19.7 Å². The van der Waals surface area contributed by atoms with Gasteiger partial charge in [-0.2, -0.15) is 0 Å². The number of primary amides is 1. The second kappa shape index (κ2) is 10.2. The molecule has 0 unspecified atom stereocenters. The molecule has 3 rings (SSSR count). The monoisotopic (exact) mass is 411 g/mol. The first-order valence-electron chi connectivity index (χ1n) is 10.1. The summed E-state index contributed by atoms with van der Waals surface area (Å²) in [7, 11) is 1.53. The Kier molecular flexibility index (Phi) is 7.37. The number of hydrogen-bond acceptors (Lipinski definition) is 6. The molecule has 2 heterocycles. The average molecular weight is 412 g/mol. The maximum Gasteiger partial charge on any atom is 0.276 e. The third kappa shape index (κ3) is 5.77. The van der Waals surface area contributed by atoms with E-state index >= 15 is 0 Å². The van der Waals surface area contributed by atoms with Crippen LogP contribution >= 0.6 is 0 Å². The molecule has 1 fully saturated rings. The summed E-state index contributed by atoms with van der Waals surface area (Å²) in [5.74, 6) is -0.451. The summed E-state index contributed by atoms with van der Waals surface area (Å²) in [5.41, 5.74) is 6.66. The van der Waals surface area contributed by atoms with Crippen LogP contribution in [0.15, 0.2) is 47.1 Å². The smallest absolute Gasteiger partial charge is 0.276 e. The predicted octanol–water partition coefficient (Wildman–Crippen LogP) is 1.45. The van der Waals surface area contributed by atoms with E-state index in [0.717, 1.165) is 32.7 Å². The van der Waals surface area contributed by atoms with E-state index < -0.39 is 11.9 Å². The second-order valence-corrected chi connectivity index (χ2v) is 7.51. The number of oxazole rings is 1. The van der Waals surface area contributed by atoms with Crippen molar-refractivity contribution in [1.29, 1.82) is 0 Å². The molecular weight excluding hydrogens is 382 g/mol. The number of benzene rings is 1. The summed E-state index contributed by atoms with van der Waals surface area (Å²) in [4.78, 5) is 33.9. The van der Waals surface area contributed by atoms with Crippen molar-refractivity contribution in [2.75, 3.05) is 39.8 Å². The van der Waals surface area contributed by atoms with Crippen LogP contribution in [0, 0.1) is 0 Å². The van der Waals surface area contributed by atoms with Gasteiger partial charge >= 0.3 is 0 Å². The zero-order valence-corrected chi connectivity index (χ0v) is 17.5. The molecule has 1 aromatic carbocycles. The molecule has 0 saturated carbocycles. The summed E-state index contributed by atoms with van der Waals surface area (Å²) >= 11 is 0. The lowest BCUT2D eigenvalue weighted by molar-refractivity contribution is -0.121. The maximum atomic E-state index is 12.4. The van der Waals surface area contributed by atoms with Gasteiger partial charge in [-0.25, -0.2) is 4.98 Å². The summed E-state index contributed by atoms with van der Waals surface area (Å²) in [6, 6.07) is 9.57. The van der Waals surface area contributed by atoms with Crippen LogP contribution < -0.4 is 5.73 Å². The number of carbonyl (C=O) groups is 2. The van der Waals surface area contributed by atoms with E-state index in [1.54, 1.807) is 6.92 Å². The van der Waals surface area contributed by atoms with E-state index in [4.69, 9.17) is 10.2 Å². The molecule has 2 N–H and O–H groups in total. The van der Waals surface area contributed by atoms with Gasteiger partial charge in [-0.15, -0.1) is 0 Å². The van der Waals surface area contributed by atoms with Crippen molar-refractivity contribution in [3.8, 4) is 0 Å². The first-order chi connectivity index (χ1) is 14.4. The van der Waals surface area contributed by atoms with Gasteiger partial charge in [0.15, 0.2) is 5.69 Å². The number of amides is 2. The molecule has 8 heteroatoms. The quantitative estimate of drug-likeness (QED) is 0.706. The normalized spacial score (nSPS) is 16.6. The van der Waals surface area contributed by atoms with Crippen LogP contribution in [0.4, 0.5) is 0 Å². The number of hydrogen-bond donors (Lipinski definition) is 1. The minimum absolute atomic E-state index is 0.185. The van der Waals surface area contributed by atoms with Gasteiger partial charge in [0, 0.05) is 39.8 Å². The van der Waals surface area contributed by atoms with Gasteiger partial charge in [0.1, 0.15) is 12.3 Å². The molecule has 30 heavy (non-hydrogen) atoms. The fourth-order valence-electron chi connectivity index (χ4n) is 3.25. The van der Waals surface area contributed by atoms with Crippen LogP contribution in [0.25, 0.3) is 6.08 Å². The largest absolute Gasteiger partial charge is 0.447 e. The van der Waals surface area contributed by atoms with Gasteiger partial charge in [-0.3, -0.25) is 19.4 Å². The molecule has 8 nitrogen and oxygen atoms in total. The SMILES string of the molecule is C[C@@H](C(N)=O)N(C)C(=O)c1coc(CN2CCN(C/C=C/c3ccccc3)CC2)n1. The predicted molar refractivity (Wildman–Crippen MR) is 114 cm³/mol. The summed E-state index contributed by atoms with van der Waals surface area (Å²) in [6.45, 7) is 6.79. The van der Waals surface area contributed by atoms with Crippen molar-refractivity contribution >= 4 is 17.9 Å². The van der Waals surface area contributed by atoms with E-state index in [-0.39, 0.29) is 11.6 Å². The van der Waals surface area contributed by atoms with Crippen molar-refractivity contribution in [3.63, 3.8) is 0 Å². The fraction of sp³-hybridized carbons (Fsp3) is 0.409. The number of piperazine rings is 1. The van der Waals surface area contributed by atoms with Gasteiger partial charge in [0.05, 0.1) is 6.54 Å². The molecule has 2 amide bonds. The number of nitrogens with zero attached hydrogens (tertiary/aromatic N) is 4. The standard InChI is InChI=1S/C22H29N5O3/c1-17(21(23)28)25(2)22(29)19-16-30-20(24-19)15-27-13-11-26(12-14-27)10-6-9-18-7-4-3-5-8-18/h3-9,16-17H,10-15H2,1-2H3,(H2,23,28)/b9-6+/t17-/m0/s1. The molecule has 0 spiro atoms. The Morgan fingerprint density at radius 3 is 2.53 bits per heavy atom. The molecule has 1 aliphatic rings. The lowest BCUT2D eigenvalue weighted by Gasteiger charge is -2.33. The molecule has 160 valence electrons. The highest BCUT2D eigenvalue weighted by atomic mass is 16.3. The maximum absolute atomic E-state index is 12.4. The molecule has 1 atom stereocenters. The third-order valence-electron chi connectivity index (χ3n) is 5.38. The fourth-order valence-corrected chi connectivity index (χ4v) is 3.25. The number of carbonyl (C=O) groups excluding carboxylic acids is 2. The molecule has 1 saturated heterocycles. The van der Waals surface area contributed by atoms with E-state index in [0.29, 0.717) is 12.4 Å². The Labute approximate surface area is 176 Å². The third-order valence-corrected chi connectivity index (χ3v) is 5.38. The van der Waals surface area contributed by atoms with Crippen LogP contribution in [0.2, 0.25) is 0 Å². The first kappa shape index (κ1) is 21.7. The molecule has 2 aromatic rings. The topological polar surface area (TPSA) is 95.9 Å². The van der Waals surface area contributed by atoms with Crippen molar-refractivity contribution in [2.24, 2.45) is 5.73 Å². The van der Waals surface area contributed by atoms with Crippen molar-refractivity contribution in [3.05, 3.63) is 59.8 Å². The summed E-state index contributed by atoms with van der Waals surface area (Å²) < 4.78 is 5.48. The average Bonchev–Trinajstić information content (AvgIpc) is 3.22. The molecule has 0 radical (unpaired) electrons. The Morgan fingerprint density at radius 2 is 1.87 bits per heavy atom. The second-order valence-electron chi connectivity index (χ2n) is 7.51. The number of aromatic nitrogens is 1. The Balaban J connectivity index is 1.45. The highest BCUT2D eigenvalue weighted by Gasteiger charge is 2.25. The molecule has 0 bridgehead atoms. The van der Waals surface area contributed by atoms with Crippen LogP contribution in [0.3, 0.4) is 0 Å². The van der Waals surface area contributed by atoms with Crippen LogP contribution in [0.1, 0.15) is 28.9 Å². The van der Waals surface area contributed by atoms with Gasteiger partial charge in [0.25, 0.3) is 5.91 Å². The zero-order chi connectivity index (χ0) is 21.5. The van der Waals surface area contributed by atoms with Gasteiger partial charge < -0.3 is 15.1 Å². The Hall–Kier alpha value is -2.97. The molecule has 1 aliphatic heterocycles. The molecular formula is C22H29N5O3. The van der Waals surface area contributed by atoms with Crippen molar-refractivity contribution < 1.29 is 14.0 Å². The van der Waals surface area contributed by atoms with E-state index in [2.05, 4.69) is 39.1 Å². The highest BCUT2D eigenvalue weighted by Crippen LogP contribution is 2.12. The Bertz CT molecular complexity index is 872. The summed E-state index contributed by atoms with van der Waals surface area (Å²) in [6.07, 6.45) is 5.68. The first-order valence-corrected chi connectivity index (χ1v) is 10.1. The van der Waals surface area contributed by atoms with Gasteiger partial charge in [-0.05, 0) is 12.5 Å². The lowest BCUT2D eigenvalue weighted by Crippen LogP contribution is -2.45. The number of nitrogens with two attached hydrogens (primary N) is 1. The van der Waals surface area contributed by atoms with Crippen LogP contribution in [0.5, 0.6) is 0 Å². The summed E-state index contributed by atoms with van der Waals surface area (Å²) in [5, 5.41) is 0. The number of likely N-dealkylation sites (N-methyl/N-ethyl adjacent to an activating group) is 1. The molecule has 1 aromatic heterocycles. The van der Waals surface area contributed by atoms with E-state index in [1.807, 2.05) is 18.2 Å². The number of rotatable bonds is 8. The van der Waals surface area contributed by atoms with Gasteiger partial charge in [-0.1, -0.05) is 42.5 Å². The Morgan fingerprint density at radius 1 is 1.20 bits per heavy atom. The minimum Gasteiger partial charge on any atom is -0.447 e.